The van der Waals surface area contributed by atoms with E-state index in [0.29, 0.717) is 5.56 Å². The van der Waals surface area contributed by atoms with Gasteiger partial charge in [-0.25, -0.2) is 4.98 Å². The van der Waals surface area contributed by atoms with Gasteiger partial charge >= 0.3 is 0 Å². The summed E-state index contributed by atoms with van der Waals surface area (Å²) in [6, 6.07) is 3.47. The van der Waals surface area contributed by atoms with Crippen molar-refractivity contribution in [1.29, 1.82) is 0 Å². The van der Waals surface area contributed by atoms with E-state index in [1.165, 1.54) is 23.1 Å². The Bertz CT molecular complexity index is 568. The fourth-order valence-corrected chi connectivity index (χ4v) is 2.91. The van der Waals surface area contributed by atoms with Crippen molar-refractivity contribution in [2.45, 2.75) is 16.3 Å². The molecule has 2 aromatic rings. The van der Waals surface area contributed by atoms with E-state index in [2.05, 4.69) is 15.2 Å². The molecular formula is C11H12N4OS2. The summed E-state index contributed by atoms with van der Waals surface area (Å²) in [6.45, 7) is 1.54. The van der Waals surface area contributed by atoms with Crippen LogP contribution >= 0.6 is 23.1 Å². The van der Waals surface area contributed by atoms with Gasteiger partial charge in [0.2, 0.25) is 5.13 Å². The quantitative estimate of drug-likeness (QED) is 0.801. The first-order valence-electron chi connectivity index (χ1n) is 5.22. The van der Waals surface area contributed by atoms with Gasteiger partial charge in [-0.2, -0.15) is 0 Å². The number of hydrogen-bond acceptors (Lipinski definition) is 7. The normalized spacial score (nSPS) is 10.4. The van der Waals surface area contributed by atoms with Crippen molar-refractivity contribution < 1.29 is 4.79 Å². The summed E-state index contributed by atoms with van der Waals surface area (Å²) < 4.78 is 0.812. The van der Waals surface area contributed by atoms with Gasteiger partial charge in [0, 0.05) is 25.9 Å². The number of rotatable bonds is 4. The molecule has 0 aliphatic heterocycles. The topological polar surface area (TPSA) is 59.0 Å². The lowest BCUT2D eigenvalue weighted by molar-refractivity contribution is 0.101. The van der Waals surface area contributed by atoms with E-state index in [1.54, 1.807) is 25.3 Å². The van der Waals surface area contributed by atoms with Gasteiger partial charge in [0.15, 0.2) is 10.1 Å². The lowest BCUT2D eigenvalue weighted by Crippen LogP contribution is -2.07. The number of anilines is 1. The van der Waals surface area contributed by atoms with Crippen LogP contribution in [0.5, 0.6) is 0 Å². The molecule has 0 aliphatic carbocycles. The molecule has 18 heavy (non-hydrogen) atoms. The minimum absolute atomic E-state index is 0.0329. The molecule has 0 atom stereocenters. The summed E-state index contributed by atoms with van der Waals surface area (Å²) in [6.07, 6.45) is 1.63. The number of hydrogen-bond donors (Lipinski definition) is 0. The lowest BCUT2D eigenvalue weighted by atomic mass is 10.2. The maximum atomic E-state index is 11.3. The molecule has 0 N–H and O–H groups in total. The second kappa shape index (κ2) is 5.45. The molecule has 0 saturated heterocycles. The van der Waals surface area contributed by atoms with Gasteiger partial charge in [-0.3, -0.25) is 4.79 Å². The van der Waals surface area contributed by atoms with Crippen molar-refractivity contribution in [3.8, 4) is 0 Å². The molecule has 0 aliphatic rings. The van der Waals surface area contributed by atoms with Crippen LogP contribution in [-0.2, 0) is 0 Å². The highest BCUT2D eigenvalue weighted by molar-refractivity contribution is 8.01. The molecule has 0 radical (unpaired) electrons. The minimum Gasteiger partial charge on any atom is -0.353 e. The summed E-state index contributed by atoms with van der Waals surface area (Å²) in [5.41, 5.74) is 0.657. The molecule has 7 heteroatoms. The maximum Gasteiger partial charge on any atom is 0.208 e. The molecule has 0 spiro atoms. The molecule has 2 rings (SSSR count). The van der Waals surface area contributed by atoms with E-state index in [4.69, 9.17) is 0 Å². The van der Waals surface area contributed by atoms with Crippen LogP contribution in [0.1, 0.15) is 17.3 Å². The van der Waals surface area contributed by atoms with E-state index < -0.39 is 0 Å². The number of nitrogens with zero attached hydrogens (tertiary/aromatic N) is 4. The summed E-state index contributed by atoms with van der Waals surface area (Å²) in [5.74, 6) is 0.0329. The van der Waals surface area contributed by atoms with Crippen molar-refractivity contribution in [2.24, 2.45) is 0 Å². The number of pyridine rings is 1. The summed E-state index contributed by atoms with van der Waals surface area (Å²) in [7, 11) is 3.84. The molecule has 5 nitrogen and oxygen atoms in total. The number of carbonyl (C=O) groups is 1. The zero-order chi connectivity index (χ0) is 13.1. The zero-order valence-corrected chi connectivity index (χ0v) is 11.9. The summed E-state index contributed by atoms with van der Waals surface area (Å²) in [5, 5.41) is 9.72. The zero-order valence-electron chi connectivity index (χ0n) is 10.2. The molecule has 2 heterocycles. The number of aromatic nitrogens is 3. The van der Waals surface area contributed by atoms with E-state index in [0.717, 1.165) is 14.5 Å². The fraction of sp³-hybridized carbons (Fsp3) is 0.273. The van der Waals surface area contributed by atoms with Crippen molar-refractivity contribution in [2.75, 3.05) is 19.0 Å². The summed E-state index contributed by atoms with van der Waals surface area (Å²) in [4.78, 5) is 17.4. The molecule has 0 unspecified atom stereocenters. The Kier molecular flexibility index (Phi) is 3.93. The number of Topliss-reactive ketones (excluding diaryl/α,β-unsaturated/α-hetero) is 1. The lowest BCUT2D eigenvalue weighted by Gasteiger charge is -2.03. The monoisotopic (exact) mass is 280 g/mol. The first kappa shape index (κ1) is 13.0. The van der Waals surface area contributed by atoms with Crippen LogP contribution in [0, 0.1) is 0 Å². The van der Waals surface area contributed by atoms with Crippen LogP contribution in [0.25, 0.3) is 0 Å². The molecule has 2 aromatic heterocycles. The Labute approximate surface area is 113 Å². The van der Waals surface area contributed by atoms with Gasteiger partial charge in [-0.05, 0) is 30.8 Å². The van der Waals surface area contributed by atoms with Crippen molar-refractivity contribution in [3.05, 3.63) is 23.9 Å². The van der Waals surface area contributed by atoms with Crippen molar-refractivity contribution in [3.63, 3.8) is 0 Å². The van der Waals surface area contributed by atoms with Gasteiger partial charge in [-0.15, -0.1) is 10.2 Å². The van der Waals surface area contributed by atoms with Gasteiger partial charge in [-0.1, -0.05) is 11.3 Å². The highest BCUT2D eigenvalue weighted by Gasteiger charge is 2.09. The third-order valence-corrected chi connectivity index (χ3v) is 4.19. The molecular weight excluding hydrogens is 268 g/mol. The third kappa shape index (κ3) is 3.05. The Morgan fingerprint density at radius 1 is 1.39 bits per heavy atom. The third-order valence-electron chi connectivity index (χ3n) is 2.11. The molecule has 0 amide bonds. The predicted molar refractivity (Wildman–Crippen MR) is 72.6 cm³/mol. The second-order valence-corrected chi connectivity index (χ2v) is 6.01. The van der Waals surface area contributed by atoms with Crippen LogP contribution in [0.2, 0.25) is 0 Å². The van der Waals surface area contributed by atoms with Crippen LogP contribution < -0.4 is 4.90 Å². The molecule has 94 valence electrons. The van der Waals surface area contributed by atoms with Crippen LogP contribution in [-0.4, -0.2) is 35.1 Å². The van der Waals surface area contributed by atoms with Gasteiger partial charge in [0.05, 0.1) is 0 Å². The Morgan fingerprint density at radius 3 is 2.78 bits per heavy atom. The van der Waals surface area contributed by atoms with E-state index in [1.807, 2.05) is 19.0 Å². The maximum absolute atomic E-state index is 11.3. The molecule has 0 bridgehead atoms. The minimum atomic E-state index is 0.0329. The van der Waals surface area contributed by atoms with E-state index >= 15 is 0 Å². The van der Waals surface area contributed by atoms with Crippen LogP contribution in [0.3, 0.4) is 0 Å². The van der Waals surface area contributed by atoms with Crippen molar-refractivity contribution >= 4 is 34.0 Å². The van der Waals surface area contributed by atoms with Gasteiger partial charge in [0.25, 0.3) is 0 Å². The van der Waals surface area contributed by atoms with Gasteiger partial charge in [0.1, 0.15) is 5.03 Å². The SMILES string of the molecule is CC(=O)c1ccnc(Sc2nnc(N(C)C)s2)c1. The smallest absolute Gasteiger partial charge is 0.208 e. The average molecular weight is 280 g/mol. The van der Waals surface area contributed by atoms with Crippen LogP contribution in [0.15, 0.2) is 27.7 Å². The highest BCUT2D eigenvalue weighted by atomic mass is 32.2. The van der Waals surface area contributed by atoms with Crippen molar-refractivity contribution in [1.82, 2.24) is 15.2 Å². The fourth-order valence-electron chi connectivity index (χ4n) is 1.20. The Hall–Kier alpha value is -1.47. The molecule has 0 fully saturated rings. The summed E-state index contributed by atoms with van der Waals surface area (Å²) >= 11 is 2.90. The Morgan fingerprint density at radius 2 is 2.17 bits per heavy atom. The largest absolute Gasteiger partial charge is 0.353 e. The number of carbonyl (C=O) groups excluding carboxylic acids is 1. The standard InChI is InChI=1S/C11H12N4OS2/c1-7(16)8-4-5-12-9(6-8)17-11-14-13-10(18-11)15(2)3/h4-6H,1-3H3. The second-order valence-electron chi connectivity index (χ2n) is 3.79. The Balaban J connectivity index is 2.17. The first-order chi connectivity index (χ1) is 8.56. The predicted octanol–water partition coefficient (Wildman–Crippen LogP) is 2.35. The average Bonchev–Trinajstić information content (AvgIpc) is 2.78. The number of ketones is 1. The van der Waals surface area contributed by atoms with E-state index in [-0.39, 0.29) is 5.78 Å². The molecule has 0 aromatic carbocycles. The van der Waals surface area contributed by atoms with Gasteiger partial charge < -0.3 is 4.90 Å². The van der Waals surface area contributed by atoms with Crippen LogP contribution in [0.4, 0.5) is 5.13 Å². The highest BCUT2D eigenvalue weighted by Crippen LogP contribution is 2.31. The van der Waals surface area contributed by atoms with E-state index in [9.17, 15) is 4.79 Å². The first-order valence-corrected chi connectivity index (χ1v) is 6.85. The molecule has 0 saturated carbocycles.